The molecule has 0 fully saturated rings. The van der Waals surface area contributed by atoms with Crippen LogP contribution in [-0.4, -0.2) is 29.4 Å². The van der Waals surface area contributed by atoms with E-state index in [2.05, 4.69) is 0 Å². The summed E-state index contributed by atoms with van der Waals surface area (Å²) in [5.41, 5.74) is 10.4. The van der Waals surface area contributed by atoms with Crippen LogP contribution in [0.1, 0.15) is 13.3 Å². The molecule has 0 spiro atoms. The molecule has 0 aromatic heterocycles. The third kappa shape index (κ3) is 2.98. The van der Waals surface area contributed by atoms with Crippen LogP contribution in [0.2, 0.25) is 0 Å². The van der Waals surface area contributed by atoms with Crippen LogP contribution < -0.4 is 11.5 Å². The highest BCUT2D eigenvalue weighted by Gasteiger charge is 2.27. The topological polar surface area (TPSA) is 106 Å². The summed E-state index contributed by atoms with van der Waals surface area (Å²) < 4.78 is 0. The fourth-order valence-corrected chi connectivity index (χ4v) is 0.871. The monoisotopic (exact) mass is 174 g/mol. The van der Waals surface area contributed by atoms with Gasteiger partial charge in [-0.05, 0) is 19.9 Å². The molecule has 0 saturated carbocycles. The number of hydrogen-bond acceptors (Lipinski definition) is 4. The van der Waals surface area contributed by atoms with Crippen LogP contribution >= 0.6 is 0 Å². The van der Waals surface area contributed by atoms with Gasteiger partial charge in [0.1, 0.15) is 5.92 Å². The van der Waals surface area contributed by atoms with Crippen molar-refractivity contribution >= 4 is 11.8 Å². The molecule has 0 aliphatic rings. The van der Waals surface area contributed by atoms with E-state index in [1.54, 1.807) is 0 Å². The van der Waals surface area contributed by atoms with Crippen molar-refractivity contribution in [2.24, 2.45) is 17.4 Å². The largest absolute Gasteiger partial charge is 0.481 e. The van der Waals surface area contributed by atoms with E-state index in [1.807, 2.05) is 0 Å². The van der Waals surface area contributed by atoms with Gasteiger partial charge in [-0.2, -0.15) is 0 Å². The third-order valence-corrected chi connectivity index (χ3v) is 1.55. The number of carboxylic acid groups (broad SMARTS) is 1. The van der Waals surface area contributed by atoms with Gasteiger partial charge in [0, 0.05) is 0 Å². The minimum absolute atomic E-state index is 0.149. The van der Waals surface area contributed by atoms with E-state index in [0.29, 0.717) is 0 Å². The predicted octanol–water partition coefficient (Wildman–Crippen LogP) is -1.05. The number of ketones is 1. The van der Waals surface area contributed by atoms with Crippen LogP contribution in [0.15, 0.2) is 0 Å². The smallest absolute Gasteiger partial charge is 0.314 e. The van der Waals surface area contributed by atoms with E-state index in [4.69, 9.17) is 16.6 Å². The van der Waals surface area contributed by atoms with Crippen molar-refractivity contribution in [2.45, 2.75) is 19.4 Å². The Balaban J connectivity index is 4.30. The van der Waals surface area contributed by atoms with Gasteiger partial charge >= 0.3 is 5.97 Å². The standard InChI is InChI=1S/C7H14N2O3/c1-4(9)6(10)5(2-3-8)7(11)12/h4-5H,2-3,8-9H2,1H3,(H,11,12)/t4-,5?/m0/s1. The molecule has 12 heavy (non-hydrogen) atoms. The Morgan fingerprint density at radius 1 is 1.50 bits per heavy atom. The lowest BCUT2D eigenvalue weighted by Crippen LogP contribution is -2.37. The Hall–Kier alpha value is -0.940. The number of carbonyl (C=O) groups is 2. The Labute approximate surface area is 70.7 Å². The first-order valence-electron chi connectivity index (χ1n) is 3.73. The molecule has 70 valence electrons. The number of carbonyl (C=O) groups excluding carboxylic acids is 1. The van der Waals surface area contributed by atoms with E-state index >= 15 is 0 Å². The van der Waals surface area contributed by atoms with Crippen molar-refractivity contribution in [1.29, 1.82) is 0 Å². The van der Waals surface area contributed by atoms with Crippen molar-refractivity contribution < 1.29 is 14.7 Å². The normalized spacial score (nSPS) is 15.2. The van der Waals surface area contributed by atoms with Gasteiger partial charge in [-0.15, -0.1) is 0 Å². The van der Waals surface area contributed by atoms with Crippen molar-refractivity contribution in [3.63, 3.8) is 0 Å². The fraction of sp³-hybridized carbons (Fsp3) is 0.714. The quantitative estimate of drug-likeness (QED) is 0.461. The number of nitrogens with two attached hydrogens (primary N) is 2. The second-order valence-corrected chi connectivity index (χ2v) is 2.66. The van der Waals surface area contributed by atoms with Gasteiger partial charge in [0.25, 0.3) is 0 Å². The minimum Gasteiger partial charge on any atom is -0.481 e. The van der Waals surface area contributed by atoms with Crippen LogP contribution in [0.5, 0.6) is 0 Å². The van der Waals surface area contributed by atoms with Crippen molar-refractivity contribution in [1.82, 2.24) is 0 Å². The molecule has 1 unspecified atom stereocenters. The molecule has 0 aliphatic heterocycles. The molecule has 2 atom stereocenters. The van der Waals surface area contributed by atoms with Crippen LogP contribution in [0.25, 0.3) is 0 Å². The molecular weight excluding hydrogens is 160 g/mol. The maximum Gasteiger partial charge on any atom is 0.314 e. The Morgan fingerprint density at radius 3 is 2.25 bits per heavy atom. The second kappa shape index (κ2) is 4.84. The Bertz CT molecular complexity index is 179. The zero-order valence-corrected chi connectivity index (χ0v) is 6.99. The summed E-state index contributed by atoms with van der Waals surface area (Å²) in [6.45, 7) is 1.64. The molecule has 0 amide bonds. The molecular formula is C7H14N2O3. The molecule has 0 aromatic carbocycles. The van der Waals surface area contributed by atoms with Gasteiger partial charge < -0.3 is 16.6 Å². The average molecular weight is 174 g/mol. The highest BCUT2D eigenvalue weighted by atomic mass is 16.4. The van der Waals surface area contributed by atoms with E-state index in [-0.39, 0.29) is 13.0 Å². The fourth-order valence-electron chi connectivity index (χ4n) is 0.871. The van der Waals surface area contributed by atoms with Gasteiger partial charge in [-0.3, -0.25) is 9.59 Å². The lowest BCUT2D eigenvalue weighted by atomic mass is 9.96. The summed E-state index contributed by atoms with van der Waals surface area (Å²) in [5.74, 6) is -2.66. The van der Waals surface area contributed by atoms with Gasteiger partial charge in [-0.25, -0.2) is 0 Å². The molecule has 0 bridgehead atoms. The van der Waals surface area contributed by atoms with E-state index in [9.17, 15) is 9.59 Å². The number of Topliss-reactive ketones (excluding diaryl/α,β-unsaturated/α-hetero) is 1. The van der Waals surface area contributed by atoms with Crippen molar-refractivity contribution in [3.05, 3.63) is 0 Å². The predicted molar refractivity (Wildman–Crippen MR) is 43.5 cm³/mol. The van der Waals surface area contributed by atoms with Gasteiger partial charge in [-0.1, -0.05) is 0 Å². The Morgan fingerprint density at radius 2 is 2.00 bits per heavy atom. The number of rotatable bonds is 5. The van der Waals surface area contributed by atoms with Crippen LogP contribution in [-0.2, 0) is 9.59 Å². The average Bonchev–Trinajstić information content (AvgIpc) is 1.98. The maximum absolute atomic E-state index is 11.1. The van der Waals surface area contributed by atoms with Crippen molar-refractivity contribution in [2.75, 3.05) is 6.54 Å². The molecule has 0 aromatic rings. The van der Waals surface area contributed by atoms with Crippen LogP contribution in [0, 0.1) is 5.92 Å². The first-order chi connectivity index (χ1) is 5.50. The van der Waals surface area contributed by atoms with Crippen molar-refractivity contribution in [3.8, 4) is 0 Å². The zero-order valence-electron chi connectivity index (χ0n) is 6.99. The second-order valence-electron chi connectivity index (χ2n) is 2.66. The lowest BCUT2D eigenvalue weighted by molar-refractivity contribution is -0.146. The molecule has 5 nitrogen and oxygen atoms in total. The molecule has 0 aliphatic carbocycles. The summed E-state index contributed by atoms with van der Waals surface area (Å²) in [6.07, 6.45) is 0.149. The third-order valence-electron chi connectivity index (χ3n) is 1.55. The zero-order chi connectivity index (χ0) is 9.72. The highest BCUT2D eigenvalue weighted by molar-refractivity contribution is 6.00. The molecule has 0 radical (unpaired) electrons. The number of hydrogen-bond donors (Lipinski definition) is 3. The molecule has 5 N–H and O–H groups in total. The summed E-state index contributed by atoms with van der Waals surface area (Å²) in [5, 5.41) is 8.59. The van der Waals surface area contributed by atoms with Gasteiger partial charge in [0.2, 0.25) is 0 Å². The molecule has 0 saturated heterocycles. The highest BCUT2D eigenvalue weighted by Crippen LogP contribution is 2.05. The molecule has 0 heterocycles. The lowest BCUT2D eigenvalue weighted by Gasteiger charge is -2.11. The Kier molecular flexibility index (Phi) is 4.46. The molecule has 5 heteroatoms. The first kappa shape index (κ1) is 11.1. The van der Waals surface area contributed by atoms with Gasteiger partial charge in [0.05, 0.1) is 6.04 Å². The number of aliphatic carboxylic acids is 1. The summed E-state index contributed by atoms with van der Waals surface area (Å²) in [6, 6.07) is -0.738. The summed E-state index contributed by atoms with van der Waals surface area (Å²) in [4.78, 5) is 21.6. The summed E-state index contributed by atoms with van der Waals surface area (Å²) in [7, 11) is 0. The van der Waals surface area contributed by atoms with E-state index in [1.165, 1.54) is 6.92 Å². The van der Waals surface area contributed by atoms with Crippen LogP contribution in [0.4, 0.5) is 0 Å². The number of carboxylic acids is 1. The van der Waals surface area contributed by atoms with Crippen LogP contribution in [0.3, 0.4) is 0 Å². The summed E-state index contributed by atoms with van der Waals surface area (Å²) >= 11 is 0. The molecule has 0 rings (SSSR count). The SMILES string of the molecule is C[C@H](N)C(=O)C(CCN)C(=O)O. The van der Waals surface area contributed by atoms with E-state index in [0.717, 1.165) is 0 Å². The first-order valence-corrected chi connectivity index (χ1v) is 3.73. The van der Waals surface area contributed by atoms with E-state index < -0.39 is 23.7 Å². The minimum atomic E-state index is -1.15. The maximum atomic E-state index is 11.1. The van der Waals surface area contributed by atoms with Gasteiger partial charge in [0.15, 0.2) is 5.78 Å².